The number of benzene rings is 2. The van der Waals surface area contributed by atoms with Crippen LogP contribution in [0.4, 0.5) is 0 Å². The summed E-state index contributed by atoms with van der Waals surface area (Å²) in [4.78, 5) is 0. The Labute approximate surface area is 154 Å². The molecule has 2 aromatic rings. The van der Waals surface area contributed by atoms with E-state index in [4.69, 9.17) is 16.3 Å². The molecule has 0 aromatic heterocycles. The van der Waals surface area contributed by atoms with Crippen molar-refractivity contribution in [1.82, 2.24) is 0 Å². The molecule has 106 valence electrons. The lowest BCUT2D eigenvalue weighted by Gasteiger charge is -2.15. The van der Waals surface area contributed by atoms with Crippen molar-refractivity contribution < 1.29 is 4.74 Å². The summed E-state index contributed by atoms with van der Waals surface area (Å²) in [6.45, 7) is 2.61. The van der Waals surface area contributed by atoms with Crippen molar-refractivity contribution in [3.8, 4) is 5.75 Å². The van der Waals surface area contributed by atoms with Crippen molar-refractivity contribution in [2.24, 2.45) is 0 Å². The number of halogens is 4. The Hall–Kier alpha value is 0.220. The van der Waals surface area contributed by atoms with Crippen molar-refractivity contribution in [3.63, 3.8) is 0 Å². The van der Waals surface area contributed by atoms with Gasteiger partial charge in [0.05, 0.1) is 16.5 Å². The van der Waals surface area contributed by atoms with Gasteiger partial charge in [0.25, 0.3) is 0 Å². The number of hydrogen-bond donors (Lipinski definition) is 0. The van der Waals surface area contributed by atoms with E-state index in [0.29, 0.717) is 6.61 Å². The first-order chi connectivity index (χ1) is 9.52. The van der Waals surface area contributed by atoms with Crippen molar-refractivity contribution in [1.29, 1.82) is 0 Å². The second-order valence-corrected chi connectivity index (χ2v) is 7.54. The zero-order valence-corrected chi connectivity index (χ0v) is 16.8. The van der Waals surface area contributed by atoms with Gasteiger partial charge in [-0.2, -0.15) is 0 Å². The highest BCUT2D eigenvalue weighted by atomic mass is 127. The third-order valence-electron chi connectivity index (χ3n) is 2.78. The van der Waals surface area contributed by atoms with Gasteiger partial charge in [-0.3, -0.25) is 0 Å². The Balaban J connectivity index is 2.35. The van der Waals surface area contributed by atoms with Crippen molar-refractivity contribution >= 4 is 66.1 Å². The Morgan fingerprint density at radius 3 is 2.55 bits per heavy atom. The Morgan fingerprint density at radius 2 is 1.90 bits per heavy atom. The third-order valence-corrected chi connectivity index (χ3v) is 5.28. The Morgan fingerprint density at radius 1 is 1.15 bits per heavy atom. The molecular weight excluding hydrogens is 518 g/mol. The molecule has 0 aliphatic rings. The van der Waals surface area contributed by atoms with Crippen LogP contribution in [0.25, 0.3) is 0 Å². The van der Waals surface area contributed by atoms with Crippen molar-refractivity contribution in [3.05, 3.63) is 60.0 Å². The van der Waals surface area contributed by atoms with E-state index in [0.717, 1.165) is 29.4 Å². The fraction of sp³-hybridized carbons (Fsp3) is 0.200. The molecule has 0 bridgehead atoms. The van der Waals surface area contributed by atoms with Crippen LogP contribution in [0.3, 0.4) is 0 Å². The van der Waals surface area contributed by atoms with E-state index in [1.165, 1.54) is 0 Å². The fourth-order valence-electron chi connectivity index (χ4n) is 1.84. The first kappa shape index (κ1) is 16.6. The molecule has 5 heteroatoms. The molecule has 0 spiro atoms. The minimum absolute atomic E-state index is 0.203. The highest BCUT2D eigenvalue weighted by molar-refractivity contribution is 14.1. The molecule has 0 N–H and O–H groups in total. The molecule has 0 fully saturated rings. The smallest absolute Gasteiger partial charge is 0.133 e. The molecule has 1 unspecified atom stereocenters. The topological polar surface area (TPSA) is 9.23 Å². The average molecular weight is 530 g/mol. The van der Waals surface area contributed by atoms with Crippen LogP contribution in [0.2, 0.25) is 0 Å². The SMILES string of the molecule is CCOc1ccc(C(Cl)c2cc(I)ccc2Br)cc1Br. The van der Waals surface area contributed by atoms with Gasteiger partial charge < -0.3 is 4.74 Å². The van der Waals surface area contributed by atoms with Gasteiger partial charge in [-0.05, 0) is 86.9 Å². The lowest BCUT2D eigenvalue weighted by Crippen LogP contribution is -1.97. The number of alkyl halides is 1. The molecule has 0 heterocycles. The van der Waals surface area contributed by atoms with Gasteiger partial charge >= 0.3 is 0 Å². The van der Waals surface area contributed by atoms with E-state index in [1.54, 1.807) is 0 Å². The number of hydrogen-bond acceptors (Lipinski definition) is 1. The second-order valence-electron chi connectivity index (χ2n) is 4.15. The predicted molar refractivity (Wildman–Crippen MR) is 99.9 cm³/mol. The summed E-state index contributed by atoms with van der Waals surface area (Å²) < 4.78 is 8.62. The summed E-state index contributed by atoms with van der Waals surface area (Å²) in [6, 6.07) is 12.1. The lowest BCUT2D eigenvalue weighted by molar-refractivity contribution is 0.338. The van der Waals surface area contributed by atoms with Crippen LogP contribution in [-0.2, 0) is 0 Å². The Kier molecular flexibility index (Phi) is 6.20. The third kappa shape index (κ3) is 3.90. The minimum atomic E-state index is -0.203. The first-order valence-corrected chi connectivity index (χ1v) is 9.14. The van der Waals surface area contributed by atoms with Gasteiger partial charge in [0.1, 0.15) is 5.75 Å². The second kappa shape index (κ2) is 7.47. The molecule has 0 amide bonds. The molecule has 2 aromatic carbocycles. The van der Waals surface area contributed by atoms with Gasteiger partial charge in [-0.25, -0.2) is 0 Å². The summed E-state index contributed by atoms with van der Waals surface area (Å²) in [5.41, 5.74) is 2.10. The summed E-state index contributed by atoms with van der Waals surface area (Å²) in [6.07, 6.45) is 0. The van der Waals surface area contributed by atoms with Crippen molar-refractivity contribution in [2.75, 3.05) is 6.61 Å². The van der Waals surface area contributed by atoms with Crippen LogP contribution in [0.5, 0.6) is 5.75 Å². The fourth-order valence-corrected chi connectivity index (χ4v) is 3.79. The van der Waals surface area contributed by atoms with E-state index in [1.807, 2.05) is 37.3 Å². The normalized spacial score (nSPS) is 12.2. The van der Waals surface area contributed by atoms with Crippen LogP contribution < -0.4 is 4.74 Å². The maximum absolute atomic E-state index is 6.62. The zero-order chi connectivity index (χ0) is 14.7. The summed E-state index contributed by atoms with van der Waals surface area (Å²) in [5.74, 6) is 0.835. The largest absolute Gasteiger partial charge is 0.493 e. The first-order valence-electron chi connectivity index (χ1n) is 6.04. The van der Waals surface area contributed by atoms with E-state index in [-0.39, 0.29) is 5.38 Å². The van der Waals surface area contributed by atoms with Crippen LogP contribution >= 0.6 is 66.1 Å². The van der Waals surface area contributed by atoms with Crippen LogP contribution in [0.1, 0.15) is 23.4 Å². The quantitative estimate of drug-likeness (QED) is 0.322. The van der Waals surface area contributed by atoms with E-state index in [2.05, 4.69) is 60.5 Å². The monoisotopic (exact) mass is 528 g/mol. The lowest BCUT2D eigenvalue weighted by atomic mass is 10.0. The molecule has 0 aliphatic carbocycles. The molecule has 0 aliphatic heterocycles. The van der Waals surface area contributed by atoms with Gasteiger partial charge in [-0.1, -0.05) is 22.0 Å². The Bertz CT molecular complexity index is 619. The number of ether oxygens (including phenoxy) is 1. The summed E-state index contributed by atoms with van der Waals surface area (Å²) in [7, 11) is 0. The van der Waals surface area contributed by atoms with Crippen LogP contribution in [-0.4, -0.2) is 6.61 Å². The van der Waals surface area contributed by atoms with Gasteiger partial charge in [-0.15, -0.1) is 11.6 Å². The zero-order valence-electron chi connectivity index (χ0n) is 10.7. The maximum Gasteiger partial charge on any atom is 0.133 e. The van der Waals surface area contributed by atoms with Gasteiger partial charge in [0.15, 0.2) is 0 Å². The average Bonchev–Trinajstić information content (AvgIpc) is 2.43. The van der Waals surface area contributed by atoms with E-state index < -0.39 is 0 Å². The number of rotatable bonds is 4. The predicted octanol–water partition coefficient (Wildman–Crippen LogP) is 6.54. The molecule has 0 radical (unpaired) electrons. The highest BCUT2D eigenvalue weighted by Crippen LogP contribution is 2.37. The van der Waals surface area contributed by atoms with E-state index in [9.17, 15) is 0 Å². The highest BCUT2D eigenvalue weighted by Gasteiger charge is 2.16. The summed E-state index contributed by atoms with van der Waals surface area (Å²) >= 11 is 16.0. The van der Waals surface area contributed by atoms with Crippen LogP contribution in [0.15, 0.2) is 45.3 Å². The van der Waals surface area contributed by atoms with E-state index >= 15 is 0 Å². The van der Waals surface area contributed by atoms with Crippen LogP contribution in [0, 0.1) is 3.57 Å². The molecule has 1 atom stereocenters. The maximum atomic E-state index is 6.62. The van der Waals surface area contributed by atoms with Crippen molar-refractivity contribution in [2.45, 2.75) is 12.3 Å². The van der Waals surface area contributed by atoms with Gasteiger partial charge in [0.2, 0.25) is 0 Å². The molecular formula is C15H12Br2ClIO. The molecule has 0 saturated carbocycles. The van der Waals surface area contributed by atoms with Gasteiger partial charge in [0, 0.05) is 8.04 Å². The molecule has 1 nitrogen and oxygen atoms in total. The standard InChI is InChI=1S/C15H12Br2ClIO/c1-2-20-14-6-3-9(7-13(14)17)15(18)11-8-10(19)4-5-12(11)16/h3-8,15H,2H2,1H3. The molecule has 20 heavy (non-hydrogen) atoms. The minimum Gasteiger partial charge on any atom is -0.493 e. The summed E-state index contributed by atoms with van der Waals surface area (Å²) in [5, 5.41) is -0.203. The molecule has 2 rings (SSSR count). The molecule has 0 saturated heterocycles.